The Kier molecular flexibility index (Phi) is 5.82. The van der Waals surface area contributed by atoms with E-state index in [0.717, 1.165) is 16.7 Å². The monoisotopic (exact) mass is 429 g/mol. The topological polar surface area (TPSA) is 63.2 Å². The van der Waals surface area contributed by atoms with Crippen LogP contribution in [0.1, 0.15) is 11.1 Å². The molecule has 0 saturated carbocycles. The van der Waals surface area contributed by atoms with Gasteiger partial charge in [-0.15, -0.1) is 0 Å². The van der Waals surface area contributed by atoms with Gasteiger partial charge in [0.15, 0.2) is 11.6 Å². The molecular formula is C25H23N3O2S. The van der Waals surface area contributed by atoms with Gasteiger partial charge in [0.05, 0.1) is 11.1 Å². The molecule has 0 spiro atoms. The van der Waals surface area contributed by atoms with Crippen LogP contribution in [0.4, 0.5) is 5.82 Å². The fourth-order valence-electron chi connectivity index (χ4n) is 3.33. The van der Waals surface area contributed by atoms with Gasteiger partial charge in [0.2, 0.25) is 9.84 Å². The number of rotatable bonds is 6. The van der Waals surface area contributed by atoms with Crippen LogP contribution in [0.2, 0.25) is 0 Å². The number of sulfone groups is 1. The highest BCUT2D eigenvalue weighted by Crippen LogP contribution is 2.30. The van der Waals surface area contributed by atoms with E-state index in [4.69, 9.17) is 0 Å². The summed E-state index contributed by atoms with van der Waals surface area (Å²) in [5, 5.41) is 0. The van der Waals surface area contributed by atoms with E-state index in [1.54, 1.807) is 24.3 Å². The minimum Gasteiger partial charge on any atom is -0.354 e. The molecule has 1 aromatic heterocycles. The number of hydrogen-bond acceptors (Lipinski definition) is 5. The summed E-state index contributed by atoms with van der Waals surface area (Å²) in [6.07, 6.45) is 1.42. The van der Waals surface area contributed by atoms with Gasteiger partial charge in [-0.3, -0.25) is 0 Å². The van der Waals surface area contributed by atoms with Crippen molar-refractivity contribution >= 4 is 15.7 Å². The van der Waals surface area contributed by atoms with Crippen LogP contribution in [-0.2, 0) is 16.4 Å². The molecule has 0 aliphatic carbocycles. The van der Waals surface area contributed by atoms with E-state index in [-0.39, 0.29) is 9.79 Å². The van der Waals surface area contributed by atoms with Crippen molar-refractivity contribution < 1.29 is 8.42 Å². The molecule has 0 radical (unpaired) electrons. The molecule has 0 fully saturated rings. The van der Waals surface area contributed by atoms with Crippen molar-refractivity contribution in [2.75, 3.05) is 11.9 Å². The maximum Gasteiger partial charge on any atom is 0.211 e. The van der Waals surface area contributed by atoms with E-state index in [2.05, 4.69) is 9.97 Å². The van der Waals surface area contributed by atoms with Crippen LogP contribution in [0.3, 0.4) is 0 Å². The molecule has 0 atom stereocenters. The van der Waals surface area contributed by atoms with Gasteiger partial charge in [-0.2, -0.15) is 0 Å². The summed E-state index contributed by atoms with van der Waals surface area (Å²) in [5.74, 6) is 0.858. The lowest BCUT2D eigenvalue weighted by molar-refractivity contribution is 0.594. The van der Waals surface area contributed by atoms with Crippen molar-refractivity contribution in [3.05, 3.63) is 102 Å². The molecule has 4 aromatic rings. The molecule has 0 saturated heterocycles. The minimum absolute atomic E-state index is 0.0921. The van der Waals surface area contributed by atoms with E-state index in [9.17, 15) is 8.42 Å². The van der Waals surface area contributed by atoms with Crippen molar-refractivity contribution in [1.82, 2.24) is 9.97 Å². The zero-order valence-electron chi connectivity index (χ0n) is 17.4. The zero-order valence-corrected chi connectivity index (χ0v) is 18.3. The van der Waals surface area contributed by atoms with Crippen LogP contribution >= 0.6 is 0 Å². The van der Waals surface area contributed by atoms with Crippen molar-refractivity contribution in [1.29, 1.82) is 0 Å². The van der Waals surface area contributed by atoms with E-state index in [0.29, 0.717) is 18.2 Å². The van der Waals surface area contributed by atoms with Crippen molar-refractivity contribution in [3.8, 4) is 11.4 Å². The molecular weight excluding hydrogens is 406 g/mol. The second-order valence-electron chi connectivity index (χ2n) is 7.41. The highest BCUT2D eigenvalue weighted by atomic mass is 32.2. The van der Waals surface area contributed by atoms with E-state index in [1.165, 1.54) is 6.20 Å². The number of aryl methyl sites for hydroxylation is 1. The Labute approximate surface area is 183 Å². The summed E-state index contributed by atoms with van der Waals surface area (Å²) < 4.78 is 26.9. The molecule has 0 bridgehead atoms. The van der Waals surface area contributed by atoms with Gasteiger partial charge >= 0.3 is 0 Å². The summed E-state index contributed by atoms with van der Waals surface area (Å²) in [6, 6.07) is 26.3. The maximum atomic E-state index is 13.5. The van der Waals surface area contributed by atoms with Crippen LogP contribution < -0.4 is 4.90 Å². The molecule has 5 nitrogen and oxygen atoms in total. The Bertz CT molecular complexity index is 1270. The summed E-state index contributed by atoms with van der Waals surface area (Å²) >= 11 is 0. The van der Waals surface area contributed by atoms with Crippen LogP contribution in [0.5, 0.6) is 0 Å². The lowest BCUT2D eigenvalue weighted by Gasteiger charge is -2.22. The summed E-state index contributed by atoms with van der Waals surface area (Å²) in [6.45, 7) is 2.44. The Morgan fingerprint density at radius 3 is 2.10 bits per heavy atom. The van der Waals surface area contributed by atoms with Gasteiger partial charge in [-0.25, -0.2) is 18.4 Å². The van der Waals surface area contributed by atoms with Crippen molar-refractivity contribution in [2.24, 2.45) is 0 Å². The molecule has 0 amide bonds. The second-order valence-corrected chi connectivity index (χ2v) is 9.32. The number of hydrogen-bond donors (Lipinski definition) is 0. The first kappa shape index (κ1) is 20.8. The average molecular weight is 430 g/mol. The first-order chi connectivity index (χ1) is 14.9. The van der Waals surface area contributed by atoms with Gasteiger partial charge in [0, 0.05) is 19.2 Å². The van der Waals surface area contributed by atoms with Crippen molar-refractivity contribution in [3.63, 3.8) is 0 Å². The van der Waals surface area contributed by atoms with Gasteiger partial charge in [0.25, 0.3) is 0 Å². The molecule has 31 heavy (non-hydrogen) atoms. The van der Waals surface area contributed by atoms with E-state index >= 15 is 0 Å². The Morgan fingerprint density at radius 1 is 0.839 bits per heavy atom. The third-order valence-corrected chi connectivity index (χ3v) is 6.77. The molecule has 0 unspecified atom stereocenters. The first-order valence-electron chi connectivity index (χ1n) is 9.94. The highest BCUT2D eigenvalue weighted by molar-refractivity contribution is 7.91. The lowest BCUT2D eigenvalue weighted by Crippen LogP contribution is -2.21. The van der Waals surface area contributed by atoms with Gasteiger partial charge in [-0.1, -0.05) is 78.4 Å². The molecule has 1 heterocycles. The quantitative estimate of drug-likeness (QED) is 0.435. The molecule has 0 N–H and O–H groups in total. The third kappa shape index (κ3) is 4.49. The lowest BCUT2D eigenvalue weighted by atomic mass is 10.2. The Hall–Kier alpha value is -3.51. The SMILES string of the molecule is Cc1ccc(S(=O)(=O)c2cnc(-c3ccccc3)nc2N(C)Cc2ccccc2)cc1. The summed E-state index contributed by atoms with van der Waals surface area (Å²) in [5.41, 5.74) is 2.88. The molecule has 4 rings (SSSR count). The third-order valence-electron chi connectivity index (χ3n) is 5.01. The zero-order chi connectivity index (χ0) is 21.8. The maximum absolute atomic E-state index is 13.5. The smallest absolute Gasteiger partial charge is 0.211 e. The molecule has 6 heteroatoms. The van der Waals surface area contributed by atoms with Gasteiger partial charge < -0.3 is 4.90 Å². The molecule has 3 aromatic carbocycles. The largest absolute Gasteiger partial charge is 0.354 e. The standard InChI is InChI=1S/C25H23N3O2S/c1-19-13-15-22(16-14-19)31(29,30)23-17-26-24(21-11-7-4-8-12-21)27-25(23)28(2)18-20-9-5-3-6-10-20/h3-17H,18H2,1-2H3. The second kappa shape index (κ2) is 8.70. The number of benzene rings is 3. The first-order valence-corrected chi connectivity index (χ1v) is 11.4. The average Bonchev–Trinajstić information content (AvgIpc) is 2.80. The molecule has 156 valence electrons. The molecule has 0 aliphatic heterocycles. The number of anilines is 1. The Morgan fingerprint density at radius 2 is 1.45 bits per heavy atom. The van der Waals surface area contributed by atoms with Gasteiger partial charge in [-0.05, 0) is 24.6 Å². The van der Waals surface area contributed by atoms with Crippen LogP contribution in [0.15, 0.2) is 101 Å². The Balaban J connectivity index is 1.83. The predicted octanol–water partition coefficient (Wildman–Crippen LogP) is 4.92. The minimum atomic E-state index is -3.79. The van der Waals surface area contributed by atoms with Crippen molar-refractivity contribution in [2.45, 2.75) is 23.3 Å². The summed E-state index contributed by atoms with van der Waals surface area (Å²) in [7, 11) is -1.94. The predicted molar refractivity (Wildman–Crippen MR) is 123 cm³/mol. The van der Waals surface area contributed by atoms with E-state index in [1.807, 2.05) is 79.5 Å². The van der Waals surface area contributed by atoms with Crippen LogP contribution in [0, 0.1) is 6.92 Å². The van der Waals surface area contributed by atoms with Gasteiger partial charge in [0.1, 0.15) is 4.90 Å². The number of aromatic nitrogens is 2. The summed E-state index contributed by atoms with van der Waals surface area (Å²) in [4.78, 5) is 11.2. The van der Waals surface area contributed by atoms with Crippen LogP contribution in [-0.4, -0.2) is 25.4 Å². The number of nitrogens with zero attached hydrogens (tertiary/aromatic N) is 3. The van der Waals surface area contributed by atoms with E-state index < -0.39 is 9.84 Å². The fraction of sp³-hybridized carbons (Fsp3) is 0.120. The van der Waals surface area contributed by atoms with Crippen LogP contribution in [0.25, 0.3) is 11.4 Å². The highest BCUT2D eigenvalue weighted by Gasteiger charge is 2.26. The fourth-order valence-corrected chi connectivity index (χ4v) is 4.71. The normalized spacial score (nSPS) is 11.3. The molecule has 0 aliphatic rings.